The predicted molar refractivity (Wildman–Crippen MR) is 64.9 cm³/mol. The number of nitrogens with zero attached hydrogens (tertiary/aromatic N) is 2. The van der Waals surface area contributed by atoms with Gasteiger partial charge in [-0.05, 0) is 18.2 Å². The molecule has 4 heteroatoms. The fraction of sp³-hybridized carbons (Fsp3) is 0. The molecule has 0 atom stereocenters. The molecule has 2 aromatic rings. The number of aromatic carboxylic acids is 1. The number of rotatable bonds is 3. The zero-order valence-electron chi connectivity index (χ0n) is 8.95. The molecule has 2 rings (SSSR count). The topological polar surface area (TPSA) is 62.5 Å². The Labute approximate surface area is 98.3 Å². The van der Waals surface area contributed by atoms with Gasteiger partial charge in [-0.2, -0.15) is 0 Å². The van der Waals surface area contributed by atoms with Gasteiger partial charge in [0, 0.05) is 18.0 Å². The fourth-order valence-electron chi connectivity index (χ4n) is 1.38. The summed E-state index contributed by atoms with van der Waals surface area (Å²) in [6.07, 6.45) is 4.80. The van der Waals surface area contributed by atoms with Crippen LogP contribution >= 0.6 is 0 Å². The Bertz CT molecular complexity index is 550. The van der Waals surface area contributed by atoms with Crippen LogP contribution in [0.25, 0.3) is 0 Å². The zero-order valence-corrected chi connectivity index (χ0v) is 8.95. The van der Waals surface area contributed by atoms with Gasteiger partial charge in [-0.1, -0.05) is 18.2 Å². The molecule has 84 valence electrons. The first-order valence-electron chi connectivity index (χ1n) is 5.04. The monoisotopic (exact) mass is 226 g/mol. The predicted octanol–water partition coefficient (Wildman–Crippen LogP) is 2.53. The molecule has 0 saturated carbocycles. The number of aliphatic imine (C=N–C) groups is 1. The van der Waals surface area contributed by atoms with Crippen LogP contribution in [-0.2, 0) is 0 Å². The lowest BCUT2D eigenvalue weighted by Gasteiger charge is -1.99. The van der Waals surface area contributed by atoms with E-state index in [4.69, 9.17) is 5.11 Å². The summed E-state index contributed by atoms with van der Waals surface area (Å²) in [6.45, 7) is 0. The van der Waals surface area contributed by atoms with E-state index in [9.17, 15) is 4.79 Å². The average Bonchev–Trinajstić information content (AvgIpc) is 2.38. The van der Waals surface area contributed by atoms with Gasteiger partial charge in [0.2, 0.25) is 0 Å². The van der Waals surface area contributed by atoms with Gasteiger partial charge in [-0.15, -0.1) is 0 Å². The van der Waals surface area contributed by atoms with Crippen LogP contribution in [0.4, 0.5) is 5.69 Å². The summed E-state index contributed by atoms with van der Waals surface area (Å²) in [4.78, 5) is 19.1. The Balaban J connectivity index is 2.30. The Morgan fingerprint density at radius 1 is 1.24 bits per heavy atom. The summed E-state index contributed by atoms with van der Waals surface area (Å²) in [6, 6.07) is 10.3. The van der Waals surface area contributed by atoms with Crippen LogP contribution in [0.15, 0.2) is 53.8 Å². The van der Waals surface area contributed by atoms with Crippen molar-refractivity contribution < 1.29 is 9.90 Å². The third kappa shape index (κ3) is 2.75. The highest BCUT2D eigenvalue weighted by Crippen LogP contribution is 2.10. The van der Waals surface area contributed by atoms with Crippen LogP contribution in [0.1, 0.15) is 15.9 Å². The van der Waals surface area contributed by atoms with E-state index >= 15 is 0 Å². The Morgan fingerprint density at radius 2 is 2.06 bits per heavy atom. The van der Waals surface area contributed by atoms with E-state index < -0.39 is 5.97 Å². The van der Waals surface area contributed by atoms with Crippen molar-refractivity contribution in [3.63, 3.8) is 0 Å². The normalized spacial score (nSPS) is 10.6. The number of carbonyl (C=O) groups is 1. The maximum atomic E-state index is 11.0. The smallest absolute Gasteiger partial charge is 0.336 e. The summed E-state index contributed by atoms with van der Waals surface area (Å²) in [5, 5.41) is 8.99. The van der Waals surface area contributed by atoms with E-state index in [2.05, 4.69) is 9.98 Å². The van der Waals surface area contributed by atoms with E-state index in [1.54, 1.807) is 48.8 Å². The standard InChI is InChI=1S/C13H10N2O2/c16-13(17)12-6-2-1-4-10(12)8-15-11-5-3-7-14-9-11/h1-9H,(H,16,17). The Kier molecular flexibility index (Phi) is 3.25. The van der Waals surface area contributed by atoms with Crippen molar-refractivity contribution in [3.05, 3.63) is 59.9 Å². The van der Waals surface area contributed by atoms with E-state index in [0.29, 0.717) is 11.3 Å². The number of pyridine rings is 1. The molecule has 17 heavy (non-hydrogen) atoms. The number of carboxylic acid groups (broad SMARTS) is 1. The second-order valence-electron chi connectivity index (χ2n) is 3.36. The number of hydrogen-bond acceptors (Lipinski definition) is 3. The Hall–Kier alpha value is -2.49. The van der Waals surface area contributed by atoms with Crippen molar-refractivity contribution in [2.24, 2.45) is 4.99 Å². The lowest BCUT2D eigenvalue weighted by atomic mass is 10.1. The molecule has 0 aliphatic heterocycles. The fourth-order valence-corrected chi connectivity index (χ4v) is 1.38. The minimum atomic E-state index is -0.960. The second kappa shape index (κ2) is 5.03. The highest BCUT2D eigenvalue weighted by Gasteiger charge is 2.06. The summed E-state index contributed by atoms with van der Waals surface area (Å²) in [5.41, 5.74) is 1.50. The maximum absolute atomic E-state index is 11.0. The minimum Gasteiger partial charge on any atom is -0.478 e. The average molecular weight is 226 g/mol. The van der Waals surface area contributed by atoms with Gasteiger partial charge in [-0.3, -0.25) is 9.98 Å². The molecule has 4 nitrogen and oxygen atoms in total. The van der Waals surface area contributed by atoms with Crippen LogP contribution in [0.3, 0.4) is 0 Å². The van der Waals surface area contributed by atoms with E-state index in [-0.39, 0.29) is 5.56 Å². The molecule has 0 aliphatic carbocycles. The number of hydrogen-bond donors (Lipinski definition) is 1. The molecule has 0 spiro atoms. The minimum absolute atomic E-state index is 0.236. The van der Waals surface area contributed by atoms with Gasteiger partial charge in [0.15, 0.2) is 0 Å². The van der Waals surface area contributed by atoms with Gasteiger partial charge >= 0.3 is 5.97 Å². The maximum Gasteiger partial charge on any atom is 0.336 e. The van der Waals surface area contributed by atoms with Gasteiger partial charge in [0.1, 0.15) is 0 Å². The quantitative estimate of drug-likeness (QED) is 0.818. The van der Waals surface area contributed by atoms with Gasteiger partial charge in [-0.25, -0.2) is 4.79 Å². The molecule has 1 aromatic heterocycles. The van der Waals surface area contributed by atoms with Gasteiger partial charge in [0.25, 0.3) is 0 Å². The molecular weight excluding hydrogens is 216 g/mol. The first-order chi connectivity index (χ1) is 8.27. The van der Waals surface area contributed by atoms with Crippen LogP contribution in [-0.4, -0.2) is 22.3 Å². The van der Waals surface area contributed by atoms with Crippen molar-refractivity contribution in [1.29, 1.82) is 0 Å². The molecule has 0 amide bonds. The lowest BCUT2D eigenvalue weighted by molar-refractivity contribution is 0.0697. The molecule has 1 heterocycles. The van der Waals surface area contributed by atoms with Crippen molar-refractivity contribution in [3.8, 4) is 0 Å². The van der Waals surface area contributed by atoms with Crippen molar-refractivity contribution in [2.75, 3.05) is 0 Å². The molecule has 0 saturated heterocycles. The van der Waals surface area contributed by atoms with Gasteiger partial charge < -0.3 is 5.11 Å². The second-order valence-corrected chi connectivity index (χ2v) is 3.36. The summed E-state index contributed by atoms with van der Waals surface area (Å²) in [5.74, 6) is -0.960. The first kappa shape index (κ1) is 11.0. The van der Waals surface area contributed by atoms with Crippen molar-refractivity contribution in [2.45, 2.75) is 0 Å². The zero-order chi connectivity index (χ0) is 12.1. The molecule has 0 aliphatic rings. The van der Waals surface area contributed by atoms with E-state index in [1.165, 1.54) is 6.21 Å². The van der Waals surface area contributed by atoms with Crippen LogP contribution in [0.5, 0.6) is 0 Å². The summed E-state index contributed by atoms with van der Waals surface area (Å²) < 4.78 is 0. The molecule has 0 unspecified atom stereocenters. The third-order valence-corrected chi connectivity index (χ3v) is 2.19. The van der Waals surface area contributed by atoms with E-state index in [0.717, 1.165) is 0 Å². The van der Waals surface area contributed by atoms with Crippen LogP contribution in [0.2, 0.25) is 0 Å². The first-order valence-corrected chi connectivity index (χ1v) is 5.04. The number of carboxylic acids is 1. The van der Waals surface area contributed by atoms with Crippen molar-refractivity contribution >= 4 is 17.9 Å². The highest BCUT2D eigenvalue weighted by atomic mass is 16.4. The van der Waals surface area contributed by atoms with Crippen LogP contribution < -0.4 is 0 Å². The SMILES string of the molecule is O=C(O)c1ccccc1C=Nc1cccnc1. The Morgan fingerprint density at radius 3 is 2.76 bits per heavy atom. The molecule has 1 N–H and O–H groups in total. The molecule has 1 aromatic carbocycles. The number of benzene rings is 1. The molecular formula is C13H10N2O2. The van der Waals surface area contributed by atoms with E-state index in [1.807, 2.05) is 0 Å². The van der Waals surface area contributed by atoms with Crippen molar-refractivity contribution in [1.82, 2.24) is 4.98 Å². The number of aromatic nitrogens is 1. The van der Waals surface area contributed by atoms with Gasteiger partial charge in [0.05, 0.1) is 17.4 Å². The molecule has 0 radical (unpaired) electrons. The molecule has 0 fully saturated rings. The summed E-state index contributed by atoms with van der Waals surface area (Å²) >= 11 is 0. The molecule has 0 bridgehead atoms. The summed E-state index contributed by atoms with van der Waals surface area (Å²) in [7, 11) is 0. The lowest BCUT2D eigenvalue weighted by Crippen LogP contribution is -2.00. The highest BCUT2D eigenvalue weighted by molar-refractivity contribution is 5.98. The largest absolute Gasteiger partial charge is 0.478 e. The van der Waals surface area contributed by atoms with Crippen LogP contribution in [0, 0.1) is 0 Å². The third-order valence-electron chi connectivity index (χ3n) is 2.19.